The number of anilines is 1. The molecule has 1 aliphatic heterocycles. The summed E-state index contributed by atoms with van der Waals surface area (Å²) >= 11 is 0. The summed E-state index contributed by atoms with van der Waals surface area (Å²) in [6, 6.07) is 11.6. The predicted molar refractivity (Wildman–Crippen MR) is 151 cm³/mol. The number of nitrogens with zero attached hydrogens (tertiary/aromatic N) is 13. The highest BCUT2D eigenvalue weighted by atomic mass is 16.5. The third-order valence-electron chi connectivity index (χ3n) is 6.85. The minimum Gasteiger partial charge on any atom is -0.491 e. The van der Waals surface area contributed by atoms with Gasteiger partial charge in [-0.1, -0.05) is 15.5 Å². The summed E-state index contributed by atoms with van der Waals surface area (Å²) in [6.07, 6.45) is 3.30. The van der Waals surface area contributed by atoms with E-state index in [1.807, 2.05) is 16.8 Å². The molecule has 0 atom stereocenters. The van der Waals surface area contributed by atoms with Gasteiger partial charge in [0.1, 0.15) is 19.1 Å². The Morgan fingerprint density at radius 3 is 2.64 bits per heavy atom. The Hall–Kier alpha value is -5.25. The molecule has 0 unspecified atom stereocenters. The zero-order chi connectivity index (χ0) is 28.7. The van der Waals surface area contributed by atoms with Crippen molar-refractivity contribution in [1.82, 2.24) is 34.3 Å². The molecule has 2 N–H and O–H groups in total. The molecular weight excluding hydrogens is 544 g/mol. The lowest BCUT2D eigenvalue weighted by Crippen LogP contribution is -2.47. The number of piperazine rings is 1. The van der Waals surface area contributed by atoms with Crippen molar-refractivity contribution in [1.29, 1.82) is 0 Å². The second-order valence-corrected chi connectivity index (χ2v) is 9.32. The van der Waals surface area contributed by atoms with Crippen LogP contribution in [-0.2, 0) is 11.3 Å². The first-order valence-electron chi connectivity index (χ1n) is 13.3. The first kappa shape index (κ1) is 26.9. The molecule has 5 aromatic rings. The number of nitrogens with two attached hydrogens (primary N) is 1. The minimum absolute atomic E-state index is 0.00317. The van der Waals surface area contributed by atoms with Gasteiger partial charge >= 0.3 is 0 Å². The third kappa shape index (κ3) is 5.78. The van der Waals surface area contributed by atoms with Crippen LogP contribution in [0.15, 0.2) is 68.7 Å². The van der Waals surface area contributed by atoms with E-state index in [9.17, 15) is 0 Å². The quantitative estimate of drug-likeness (QED) is 0.0578. The van der Waals surface area contributed by atoms with Crippen LogP contribution < -0.4 is 15.5 Å². The van der Waals surface area contributed by atoms with Gasteiger partial charge in [0.2, 0.25) is 5.82 Å². The largest absolute Gasteiger partial charge is 0.491 e. The molecular formula is C25H28N14O3. The Balaban J connectivity index is 1.05. The summed E-state index contributed by atoms with van der Waals surface area (Å²) in [5, 5.41) is 20.5. The molecule has 0 radical (unpaired) electrons. The number of azide groups is 1. The lowest BCUT2D eigenvalue weighted by Gasteiger charge is -2.36. The van der Waals surface area contributed by atoms with Gasteiger partial charge < -0.3 is 24.6 Å². The van der Waals surface area contributed by atoms with Gasteiger partial charge in [-0.3, -0.25) is 4.90 Å². The fourth-order valence-corrected chi connectivity index (χ4v) is 4.78. The van der Waals surface area contributed by atoms with Crippen LogP contribution in [-0.4, -0.2) is 86.9 Å². The van der Waals surface area contributed by atoms with E-state index in [-0.39, 0.29) is 12.7 Å². The molecule has 0 saturated carbocycles. The van der Waals surface area contributed by atoms with Gasteiger partial charge in [0, 0.05) is 43.3 Å². The average Bonchev–Trinajstić information content (AvgIpc) is 3.79. The number of hydrogen-bond donors (Lipinski definition) is 1. The lowest BCUT2D eigenvalue weighted by molar-refractivity contribution is 0.105. The third-order valence-corrected chi connectivity index (χ3v) is 6.85. The first-order valence-corrected chi connectivity index (χ1v) is 13.3. The van der Waals surface area contributed by atoms with Gasteiger partial charge in [-0.25, -0.2) is 9.67 Å². The van der Waals surface area contributed by atoms with E-state index >= 15 is 0 Å². The molecule has 5 heterocycles. The molecule has 42 heavy (non-hydrogen) atoms. The first-order chi connectivity index (χ1) is 20.7. The van der Waals surface area contributed by atoms with Crippen molar-refractivity contribution in [2.45, 2.75) is 6.54 Å². The van der Waals surface area contributed by atoms with Crippen molar-refractivity contribution >= 4 is 28.3 Å². The van der Waals surface area contributed by atoms with E-state index in [1.54, 1.807) is 24.6 Å². The number of ether oxygens (including phenoxy) is 2. The Labute approximate surface area is 238 Å². The van der Waals surface area contributed by atoms with Gasteiger partial charge in [-0.15, -0.1) is 5.10 Å². The van der Waals surface area contributed by atoms with Crippen LogP contribution in [0.4, 0.5) is 11.6 Å². The average molecular weight is 573 g/mol. The second-order valence-electron chi connectivity index (χ2n) is 9.32. The summed E-state index contributed by atoms with van der Waals surface area (Å²) in [5.74, 6) is 7.26. The Morgan fingerprint density at radius 2 is 1.88 bits per heavy atom. The fraction of sp³-hybridized carbons (Fsp3) is 0.360. The molecule has 1 fully saturated rings. The molecule has 0 bridgehead atoms. The van der Waals surface area contributed by atoms with Crippen LogP contribution >= 0.6 is 0 Å². The van der Waals surface area contributed by atoms with Crippen molar-refractivity contribution < 1.29 is 13.9 Å². The summed E-state index contributed by atoms with van der Waals surface area (Å²) in [7, 11) is 0. The molecule has 17 nitrogen and oxygen atoms in total. The molecule has 1 saturated heterocycles. The Morgan fingerprint density at radius 1 is 1.02 bits per heavy atom. The molecule has 4 aromatic heterocycles. The van der Waals surface area contributed by atoms with Crippen molar-refractivity contribution in [3.63, 3.8) is 0 Å². The van der Waals surface area contributed by atoms with E-state index in [4.69, 9.17) is 25.3 Å². The Bertz CT molecular complexity index is 1700. The van der Waals surface area contributed by atoms with Crippen molar-refractivity contribution in [2.24, 2.45) is 21.3 Å². The molecule has 0 spiro atoms. The lowest BCUT2D eigenvalue weighted by atomic mass is 10.2. The van der Waals surface area contributed by atoms with Crippen molar-refractivity contribution in [3.05, 3.63) is 59.3 Å². The maximum atomic E-state index is 8.25. The van der Waals surface area contributed by atoms with Crippen LogP contribution in [0.3, 0.4) is 0 Å². The van der Waals surface area contributed by atoms with Crippen LogP contribution in [0.25, 0.3) is 38.7 Å². The zero-order valence-corrected chi connectivity index (χ0v) is 22.6. The molecule has 6 rings (SSSR count). The summed E-state index contributed by atoms with van der Waals surface area (Å²) in [5.41, 5.74) is 10.6. The van der Waals surface area contributed by atoms with Crippen LogP contribution in [0.2, 0.25) is 0 Å². The topological polar surface area (TPSA) is 198 Å². The van der Waals surface area contributed by atoms with Gasteiger partial charge in [0.15, 0.2) is 17.1 Å². The fourth-order valence-electron chi connectivity index (χ4n) is 4.78. The predicted octanol–water partition coefficient (Wildman–Crippen LogP) is 3.18. The SMILES string of the molecule is [N-]=[N+]=NCOCCOc1ccc(N2CCN(CCn3ncc4c3nc(N=NN)n3nc(-c5ccco5)nc43)CC2)cc1. The standard InChI is InChI=1S/C25H28N14O3/c26-34-28-17-40-14-15-41-19-5-3-18(4-6-19)37-10-7-36(8-11-37)9-12-38-23-20(16-29-38)24-30-22(21-2-1-13-42-21)33-39(24)25(31-23)32-35-27/h1-6,13,16H,7-12,14-15,17H2,(H2,27,31,32). The maximum Gasteiger partial charge on any atom is 0.275 e. The van der Waals surface area contributed by atoms with E-state index < -0.39 is 0 Å². The number of hydrogen-bond acceptors (Lipinski definition) is 12. The van der Waals surface area contributed by atoms with Gasteiger partial charge in [-0.05, 0) is 41.9 Å². The van der Waals surface area contributed by atoms with Gasteiger partial charge in [0.05, 0.1) is 31.0 Å². The maximum absolute atomic E-state index is 8.25. The van der Waals surface area contributed by atoms with Crippen LogP contribution in [0.1, 0.15) is 0 Å². The summed E-state index contributed by atoms with van der Waals surface area (Å²) in [4.78, 5) is 16.7. The molecule has 1 aromatic carbocycles. The van der Waals surface area contributed by atoms with E-state index in [1.165, 1.54) is 4.52 Å². The molecule has 17 heteroatoms. The second kappa shape index (κ2) is 12.5. The zero-order valence-electron chi connectivity index (χ0n) is 22.6. The highest BCUT2D eigenvalue weighted by Crippen LogP contribution is 2.26. The van der Waals surface area contributed by atoms with E-state index in [0.29, 0.717) is 42.6 Å². The molecule has 216 valence electrons. The number of fused-ring (bicyclic) bond motifs is 3. The molecule has 0 amide bonds. The number of furan rings is 1. The smallest absolute Gasteiger partial charge is 0.275 e. The monoisotopic (exact) mass is 572 g/mol. The number of rotatable bonds is 12. The summed E-state index contributed by atoms with van der Waals surface area (Å²) in [6.45, 7) is 5.84. The highest BCUT2D eigenvalue weighted by molar-refractivity contribution is 5.90. The molecule has 0 aliphatic carbocycles. The van der Waals surface area contributed by atoms with E-state index in [0.717, 1.165) is 49.5 Å². The molecule has 1 aliphatic rings. The van der Waals surface area contributed by atoms with Gasteiger partial charge in [-0.2, -0.15) is 14.6 Å². The Kier molecular flexibility index (Phi) is 8.02. The highest BCUT2D eigenvalue weighted by Gasteiger charge is 2.21. The number of aromatic nitrogens is 6. The van der Waals surface area contributed by atoms with Gasteiger partial charge in [0.25, 0.3) is 5.95 Å². The van der Waals surface area contributed by atoms with Crippen molar-refractivity contribution in [2.75, 3.05) is 57.6 Å². The minimum atomic E-state index is 0.00317. The number of benzene rings is 1. The van der Waals surface area contributed by atoms with Crippen molar-refractivity contribution in [3.8, 4) is 17.3 Å². The van der Waals surface area contributed by atoms with Crippen LogP contribution in [0, 0.1) is 0 Å². The van der Waals surface area contributed by atoms with E-state index in [2.05, 4.69) is 62.5 Å². The summed E-state index contributed by atoms with van der Waals surface area (Å²) < 4.78 is 19.6. The normalized spacial score (nSPS) is 14.2. The van der Waals surface area contributed by atoms with Crippen LogP contribution in [0.5, 0.6) is 5.75 Å².